The molecule has 0 saturated heterocycles. The fourth-order valence-electron chi connectivity index (χ4n) is 1.96. The second-order valence-electron chi connectivity index (χ2n) is 4.54. The standard InChI is InChI=1S/C14H23NO3/c1-10(15-11(2)9-16)7-12-5-6-13(17-3)14(8-12)18-4/h5-6,8,10-11,15-16H,7,9H2,1-4H3. The van der Waals surface area contributed by atoms with E-state index in [1.807, 2.05) is 25.1 Å². The zero-order chi connectivity index (χ0) is 13.5. The lowest BCUT2D eigenvalue weighted by molar-refractivity contribution is 0.242. The van der Waals surface area contributed by atoms with Crippen molar-refractivity contribution in [1.82, 2.24) is 5.32 Å². The van der Waals surface area contributed by atoms with Crippen molar-refractivity contribution in [3.63, 3.8) is 0 Å². The van der Waals surface area contributed by atoms with E-state index in [9.17, 15) is 0 Å². The topological polar surface area (TPSA) is 50.7 Å². The van der Waals surface area contributed by atoms with Crippen LogP contribution in [0.15, 0.2) is 18.2 Å². The van der Waals surface area contributed by atoms with Crippen molar-refractivity contribution in [3.8, 4) is 11.5 Å². The molecule has 18 heavy (non-hydrogen) atoms. The molecule has 2 unspecified atom stereocenters. The number of methoxy groups -OCH3 is 2. The van der Waals surface area contributed by atoms with Crippen LogP contribution in [0, 0.1) is 0 Å². The maximum atomic E-state index is 9.00. The maximum absolute atomic E-state index is 9.00. The van der Waals surface area contributed by atoms with E-state index in [1.165, 1.54) is 5.56 Å². The molecular formula is C14H23NO3. The van der Waals surface area contributed by atoms with Gasteiger partial charge in [0.2, 0.25) is 0 Å². The lowest BCUT2D eigenvalue weighted by Crippen LogP contribution is -2.37. The number of benzene rings is 1. The third-order valence-electron chi connectivity index (χ3n) is 2.83. The van der Waals surface area contributed by atoms with Crippen LogP contribution in [0.25, 0.3) is 0 Å². The van der Waals surface area contributed by atoms with E-state index >= 15 is 0 Å². The zero-order valence-electron chi connectivity index (χ0n) is 11.6. The fraction of sp³-hybridized carbons (Fsp3) is 0.571. The van der Waals surface area contributed by atoms with Gasteiger partial charge in [-0.3, -0.25) is 0 Å². The minimum Gasteiger partial charge on any atom is -0.493 e. The average molecular weight is 253 g/mol. The summed E-state index contributed by atoms with van der Waals surface area (Å²) in [5.41, 5.74) is 1.18. The summed E-state index contributed by atoms with van der Waals surface area (Å²) in [7, 11) is 3.27. The number of nitrogens with one attached hydrogen (secondary N) is 1. The van der Waals surface area contributed by atoms with E-state index in [0.717, 1.165) is 17.9 Å². The lowest BCUT2D eigenvalue weighted by Gasteiger charge is -2.19. The van der Waals surface area contributed by atoms with Crippen LogP contribution in [-0.2, 0) is 6.42 Å². The monoisotopic (exact) mass is 253 g/mol. The summed E-state index contributed by atoms with van der Waals surface area (Å²) < 4.78 is 10.5. The second kappa shape index (κ2) is 7.24. The third kappa shape index (κ3) is 4.20. The van der Waals surface area contributed by atoms with Crippen LogP contribution in [0.1, 0.15) is 19.4 Å². The van der Waals surface area contributed by atoms with Crippen LogP contribution in [-0.4, -0.2) is 38.0 Å². The van der Waals surface area contributed by atoms with Gasteiger partial charge in [0.05, 0.1) is 20.8 Å². The molecule has 0 fully saturated rings. The summed E-state index contributed by atoms with van der Waals surface area (Å²) >= 11 is 0. The summed E-state index contributed by atoms with van der Waals surface area (Å²) in [4.78, 5) is 0. The van der Waals surface area contributed by atoms with Crippen molar-refractivity contribution in [2.45, 2.75) is 32.4 Å². The first-order chi connectivity index (χ1) is 8.60. The van der Waals surface area contributed by atoms with Crippen molar-refractivity contribution >= 4 is 0 Å². The first-order valence-electron chi connectivity index (χ1n) is 6.18. The highest BCUT2D eigenvalue weighted by Gasteiger charge is 2.09. The Hall–Kier alpha value is -1.26. The molecule has 0 heterocycles. The van der Waals surface area contributed by atoms with Gasteiger partial charge in [-0.1, -0.05) is 6.07 Å². The molecule has 0 radical (unpaired) electrons. The van der Waals surface area contributed by atoms with Gasteiger partial charge in [-0.15, -0.1) is 0 Å². The molecule has 1 rings (SSSR count). The molecule has 0 aliphatic heterocycles. The Bertz CT molecular complexity index is 368. The molecule has 2 N–H and O–H groups in total. The Labute approximate surface area is 109 Å². The number of rotatable bonds is 7. The predicted molar refractivity (Wildman–Crippen MR) is 72.4 cm³/mol. The van der Waals surface area contributed by atoms with Gasteiger partial charge in [0.1, 0.15) is 0 Å². The molecule has 4 nitrogen and oxygen atoms in total. The van der Waals surface area contributed by atoms with Crippen LogP contribution in [0.3, 0.4) is 0 Å². The summed E-state index contributed by atoms with van der Waals surface area (Å²) in [6, 6.07) is 6.34. The van der Waals surface area contributed by atoms with Crippen molar-refractivity contribution in [2.24, 2.45) is 0 Å². The highest BCUT2D eigenvalue weighted by Crippen LogP contribution is 2.27. The number of aliphatic hydroxyl groups is 1. The largest absolute Gasteiger partial charge is 0.493 e. The third-order valence-corrected chi connectivity index (χ3v) is 2.83. The molecule has 0 spiro atoms. The number of hydrogen-bond acceptors (Lipinski definition) is 4. The average Bonchev–Trinajstić information content (AvgIpc) is 2.38. The molecule has 0 aromatic heterocycles. The first-order valence-corrected chi connectivity index (χ1v) is 6.18. The van der Waals surface area contributed by atoms with Gasteiger partial charge in [0.15, 0.2) is 11.5 Å². The number of ether oxygens (including phenoxy) is 2. The van der Waals surface area contributed by atoms with Gasteiger partial charge in [-0.2, -0.15) is 0 Å². The van der Waals surface area contributed by atoms with Gasteiger partial charge >= 0.3 is 0 Å². The molecule has 2 atom stereocenters. The number of hydrogen-bond donors (Lipinski definition) is 2. The zero-order valence-corrected chi connectivity index (χ0v) is 11.6. The number of aliphatic hydroxyl groups excluding tert-OH is 1. The minimum atomic E-state index is 0.111. The van der Waals surface area contributed by atoms with Crippen LogP contribution < -0.4 is 14.8 Å². The maximum Gasteiger partial charge on any atom is 0.160 e. The predicted octanol–water partition coefficient (Wildman–Crippen LogP) is 1.61. The lowest BCUT2D eigenvalue weighted by atomic mass is 10.1. The van der Waals surface area contributed by atoms with Crippen molar-refractivity contribution in [3.05, 3.63) is 23.8 Å². The smallest absolute Gasteiger partial charge is 0.160 e. The van der Waals surface area contributed by atoms with Gasteiger partial charge in [0, 0.05) is 12.1 Å². The Morgan fingerprint density at radius 3 is 2.33 bits per heavy atom. The Morgan fingerprint density at radius 2 is 1.78 bits per heavy atom. The SMILES string of the molecule is COc1ccc(CC(C)NC(C)CO)cc1OC. The van der Waals surface area contributed by atoms with Crippen molar-refractivity contribution < 1.29 is 14.6 Å². The Morgan fingerprint density at radius 1 is 1.11 bits per heavy atom. The molecule has 4 heteroatoms. The van der Waals surface area contributed by atoms with E-state index < -0.39 is 0 Å². The van der Waals surface area contributed by atoms with Gasteiger partial charge in [-0.25, -0.2) is 0 Å². The molecular weight excluding hydrogens is 230 g/mol. The molecule has 0 aliphatic carbocycles. The highest BCUT2D eigenvalue weighted by atomic mass is 16.5. The quantitative estimate of drug-likeness (QED) is 0.775. The van der Waals surface area contributed by atoms with E-state index in [0.29, 0.717) is 6.04 Å². The summed E-state index contributed by atoms with van der Waals surface area (Å²) in [6.45, 7) is 4.21. The van der Waals surface area contributed by atoms with Crippen LogP contribution >= 0.6 is 0 Å². The van der Waals surface area contributed by atoms with Gasteiger partial charge < -0.3 is 19.9 Å². The molecule has 0 saturated carbocycles. The molecule has 0 bridgehead atoms. The minimum absolute atomic E-state index is 0.111. The molecule has 0 amide bonds. The molecule has 0 aliphatic rings. The van der Waals surface area contributed by atoms with E-state index in [2.05, 4.69) is 12.2 Å². The summed E-state index contributed by atoms with van der Waals surface area (Å²) in [5.74, 6) is 1.49. The Kier molecular flexibility index (Phi) is 5.95. The van der Waals surface area contributed by atoms with Crippen molar-refractivity contribution in [2.75, 3.05) is 20.8 Å². The molecule has 102 valence electrons. The molecule has 1 aromatic rings. The summed E-state index contributed by atoms with van der Waals surface area (Å²) in [6.07, 6.45) is 0.880. The van der Waals surface area contributed by atoms with Crippen LogP contribution in [0.2, 0.25) is 0 Å². The van der Waals surface area contributed by atoms with E-state index in [1.54, 1.807) is 14.2 Å². The normalized spacial score (nSPS) is 14.1. The Balaban J connectivity index is 2.67. The highest BCUT2D eigenvalue weighted by molar-refractivity contribution is 5.43. The van der Waals surface area contributed by atoms with Gasteiger partial charge in [-0.05, 0) is 38.0 Å². The fourth-order valence-corrected chi connectivity index (χ4v) is 1.96. The van der Waals surface area contributed by atoms with E-state index in [-0.39, 0.29) is 12.6 Å². The van der Waals surface area contributed by atoms with Crippen molar-refractivity contribution in [1.29, 1.82) is 0 Å². The first kappa shape index (κ1) is 14.8. The van der Waals surface area contributed by atoms with Crippen LogP contribution in [0.4, 0.5) is 0 Å². The molecule has 1 aromatic carbocycles. The van der Waals surface area contributed by atoms with E-state index in [4.69, 9.17) is 14.6 Å². The van der Waals surface area contributed by atoms with Crippen LogP contribution in [0.5, 0.6) is 11.5 Å². The second-order valence-corrected chi connectivity index (χ2v) is 4.54. The summed E-state index contributed by atoms with van der Waals surface area (Å²) in [5, 5.41) is 12.3. The van der Waals surface area contributed by atoms with Gasteiger partial charge in [0.25, 0.3) is 0 Å².